The Morgan fingerprint density at radius 2 is 2.00 bits per heavy atom. The second kappa shape index (κ2) is 9.12. The maximum atomic E-state index is 13.2. The van der Waals surface area contributed by atoms with E-state index >= 15 is 0 Å². The van der Waals surface area contributed by atoms with E-state index in [1.807, 2.05) is 19.2 Å². The predicted octanol–water partition coefficient (Wildman–Crippen LogP) is 5.23. The number of fused-ring (bicyclic) bond motifs is 1. The third-order valence-electron chi connectivity index (χ3n) is 6.07. The minimum Gasteiger partial charge on any atom is -0.496 e. The lowest BCUT2D eigenvalue weighted by atomic mass is 9.89. The minimum atomic E-state index is -0.236. The Kier molecular flexibility index (Phi) is 6.28. The van der Waals surface area contributed by atoms with Gasteiger partial charge in [-0.25, -0.2) is 0 Å². The second-order valence-corrected chi connectivity index (χ2v) is 8.12. The van der Waals surface area contributed by atoms with Gasteiger partial charge in [0.15, 0.2) is 5.43 Å². The molecule has 0 N–H and O–H groups in total. The van der Waals surface area contributed by atoms with E-state index in [1.54, 1.807) is 25.3 Å². The molecule has 9 heteroatoms. The fourth-order valence-electron chi connectivity index (χ4n) is 4.50. The number of nitrogens with zero attached hydrogens (tertiary/aromatic N) is 4. The highest BCUT2D eigenvalue weighted by atomic mass is 35.5. The number of halogens is 1. The number of methoxy groups -OCH3 is 2. The molecule has 1 aliphatic rings. The van der Waals surface area contributed by atoms with Crippen LogP contribution in [0.5, 0.6) is 11.5 Å². The normalized spacial score (nSPS) is 18.5. The van der Waals surface area contributed by atoms with Crippen LogP contribution >= 0.6 is 11.6 Å². The summed E-state index contributed by atoms with van der Waals surface area (Å²) in [6.45, 7) is 1.10. The fourth-order valence-corrected chi connectivity index (χ4v) is 4.73. The fraction of sp³-hybridized carbons (Fsp3) is 0.348. The molecular formula is C23H23ClN4O4. The first-order valence-electron chi connectivity index (χ1n) is 10.2. The Morgan fingerprint density at radius 3 is 2.69 bits per heavy atom. The highest BCUT2D eigenvalue weighted by Crippen LogP contribution is 2.45. The Balaban J connectivity index is 2.04. The first-order chi connectivity index (χ1) is 15.5. The molecule has 1 fully saturated rings. The quantitative estimate of drug-likeness (QED) is 0.288. The molecule has 2 atom stereocenters. The molecule has 3 aromatic rings. The van der Waals surface area contributed by atoms with Gasteiger partial charge in [-0.05, 0) is 37.7 Å². The molecule has 0 bridgehead atoms. The van der Waals surface area contributed by atoms with Crippen molar-refractivity contribution in [3.8, 4) is 22.8 Å². The average Bonchev–Trinajstić information content (AvgIpc) is 3.16. The third kappa shape index (κ3) is 3.77. The number of hydrogen-bond donors (Lipinski definition) is 0. The van der Waals surface area contributed by atoms with Crippen molar-refractivity contribution in [2.24, 2.45) is 5.11 Å². The summed E-state index contributed by atoms with van der Waals surface area (Å²) in [6.07, 6.45) is 0.792. The van der Waals surface area contributed by atoms with Gasteiger partial charge in [0.2, 0.25) is 0 Å². The molecule has 1 aromatic heterocycles. The van der Waals surface area contributed by atoms with E-state index in [0.29, 0.717) is 45.4 Å². The number of hydrogen-bond acceptors (Lipinski definition) is 6. The van der Waals surface area contributed by atoms with Crippen LogP contribution in [0.2, 0.25) is 5.02 Å². The van der Waals surface area contributed by atoms with Gasteiger partial charge in [0, 0.05) is 46.7 Å². The SMILES string of the molecule is COc1cc(OC)c2c(=O)cc(-c3ccccc3Cl)oc2c1[C@H]1CCN(C)[C@@H]1CN=[N+]=[N-]. The van der Waals surface area contributed by atoms with Crippen molar-refractivity contribution < 1.29 is 13.9 Å². The summed E-state index contributed by atoms with van der Waals surface area (Å²) in [7, 11) is 5.06. The van der Waals surface area contributed by atoms with Crippen molar-refractivity contribution in [1.29, 1.82) is 0 Å². The van der Waals surface area contributed by atoms with Crippen LogP contribution in [0.25, 0.3) is 32.7 Å². The average molecular weight is 455 g/mol. The van der Waals surface area contributed by atoms with Crippen LogP contribution in [0.4, 0.5) is 0 Å². The molecule has 1 aliphatic heterocycles. The van der Waals surface area contributed by atoms with Crippen LogP contribution in [0.3, 0.4) is 0 Å². The van der Waals surface area contributed by atoms with Gasteiger partial charge in [-0.2, -0.15) is 0 Å². The van der Waals surface area contributed by atoms with Crippen LogP contribution in [-0.2, 0) is 0 Å². The molecule has 2 aromatic carbocycles. The first-order valence-corrected chi connectivity index (χ1v) is 10.6. The summed E-state index contributed by atoms with van der Waals surface area (Å²) in [5, 5.41) is 4.63. The molecule has 8 nitrogen and oxygen atoms in total. The molecule has 0 radical (unpaired) electrons. The van der Waals surface area contributed by atoms with Gasteiger partial charge in [-0.1, -0.05) is 28.8 Å². The van der Waals surface area contributed by atoms with Gasteiger partial charge >= 0.3 is 0 Å². The van der Waals surface area contributed by atoms with Crippen molar-refractivity contribution in [3.63, 3.8) is 0 Å². The molecule has 2 heterocycles. The smallest absolute Gasteiger partial charge is 0.197 e. The minimum absolute atomic E-state index is 0.0642. The molecule has 0 saturated carbocycles. The van der Waals surface area contributed by atoms with Crippen molar-refractivity contribution >= 4 is 22.6 Å². The van der Waals surface area contributed by atoms with Crippen LogP contribution in [0.1, 0.15) is 17.9 Å². The van der Waals surface area contributed by atoms with Crippen molar-refractivity contribution in [1.82, 2.24) is 4.90 Å². The number of ether oxygens (including phenoxy) is 2. The summed E-state index contributed by atoms with van der Waals surface area (Å²) in [6, 6.07) is 10.3. The number of rotatable bonds is 6. The van der Waals surface area contributed by atoms with Crippen LogP contribution in [0.15, 0.2) is 50.7 Å². The van der Waals surface area contributed by atoms with Gasteiger partial charge < -0.3 is 18.8 Å². The molecule has 0 amide bonds. The van der Waals surface area contributed by atoms with E-state index in [4.69, 9.17) is 31.0 Å². The van der Waals surface area contributed by atoms with Gasteiger partial charge in [0.25, 0.3) is 0 Å². The number of likely N-dealkylation sites (N-methyl/N-ethyl adjacent to an activating group) is 1. The predicted molar refractivity (Wildman–Crippen MR) is 124 cm³/mol. The van der Waals surface area contributed by atoms with Crippen LogP contribution in [-0.4, -0.2) is 45.3 Å². The highest BCUT2D eigenvalue weighted by Gasteiger charge is 2.37. The third-order valence-corrected chi connectivity index (χ3v) is 6.40. The van der Waals surface area contributed by atoms with E-state index in [9.17, 15) is 4.79 Å². The summed E-state index contributed by atoms with van der Waals surface area (Å²) in [5.41, 5.74) is 10.4. The summed E-state index contributed by atoms with van der Waals surface area (Å²) < 4.78 is 17.6. The van der Waals surface area contributed by atoms with Gasteiger partial charge in [-0.3, -0.25) is 4.79 Å². The number of likely N-dealkylation sites (tertiary alicyclic amines) is 1. The van der Waals surface area contributed by atoms with E-state index in [-0.39, 0.29) is 17.4 Å². The van der Waals surface area contributed by atoms with Gasteiger partial charge in [0.05, 0.1) is 19.2 Å². The summed E-state index contributed by atoms with van der Waals surface area (Å²) in [4.78, 5) is 18.3. The van der Waals surface area contributed by atoms with E-state index in [1.165, 1.54) is 13.2 Å². The lowest BCUT2D eigenvalue weighted by Crippen LogP contribution is -2.31. The number of benzene rings is 2. The highest BCUT2D eigenvalue weighted by molar-refractivity contribution is 6.33. The molecule has 0 unspecified atom stereocenters. The molecule has 0 spiro atoms. The topological polar surface area (TPSA) is 101 Å². The van der Waals surface area contributed by atoms with Crippen molar-refractivity contribution in [3.05, 3.63) is 67.7 Å². The van der Waals surface area contributed by atoms with Crippen molar-refractivity contribution in [2.45, 2.75) is 18.4 Å². The van der Waals surface area contributed by atoms with Crippen LogP contribution in [0, 0.1) is 0 Å². The van der Waals surface area contributed by atoms with E-state index < -0.39 is 0 Å². The largest absolute Gasteiger partial charge is 0.496 e. The summed E-state index contributed by atoms with van der Waals surface area (Å²) >= 11 is 6.38. The molecular weight excluding hydrogens is 432 g/mol. The summed E-state index contributed by atoms with van der Waals surface area (Å²) in [5.74, 6) is 1.22. The molecule has 4 rings (SSSR count). The standard InChI is InChI=1S/C23H23ClN4O4/c1-28-9-8-14(16(28)12-26-27-25)21-19(30-2)11-20(31-3)22-17(29)10-18(32-23(21)22)13-6-4-5-7-15(13)24/h4-7,10-11,14,16H,8-9,12H2,1-3H3/t14-,16+/m0/s1. The van der Waals surface area contributed by atoms with E-state index in [0.717, 1.165) is 18.5 Å². The maximum Gasteiger partial charge on any atom is 0.197 e. The zero-order valence-corrected chi connectivity index (χ0v) is 18.8. The van der Waals surface area contributed by atoms with E-state index in [2.05, 4.69) is 14.9 Å². The van der Waals surface area contributed by atoms with Crippen molar-refractivity contribution in [2.75, 3.05) is 34.4 Å². The molecule has 166 valence electrons. The Labute approximate surface area is 189 Å². The second-order valence-electron chi connectivity index (χ2n) is 7.71. The Morgan fingerprint density at radius 1 is 1.25 bits per heavy atom. The first kappa shape index (κ1) is 22.0. The number of azide groups is 1. The van der Waals surface area contributed by atoms with Crippen LogP contribution < -0.4 is 14.9 Å². The maximum absolute atomic E-state index is 13.2. The zero-order chi connectivity index (χ0) is 22.8. The van der Waals surface area contributed by atoms with Gasteiger partial charge in [-0.15, -0.1) is 0 Å². The molecule has 32 heavy (non-hydrogen) atoms. The lowest BCUT2D eigenvalue weighted by molar-refractivity contribution is 0.300. The Hall–Kier alpha value is -3.19. The molecule has 1 saturated heterocycles. The lowest BCUT2D eigenvalue weighted by Gasteiger charge is -2.26. The molecule has 0 aliphatic carbocycles. The monoisotopic (exact) mass is 454 g/mol. The zero-order valence-electron chi connectivity index (χ0n) is 18.0. The van der Waals surface area contributed by atoms with Gasteiger partial charge in [0.1, 0.15) is 28.2 Å². The Bertz CT molecular complexity index is 1270.